The summed E-state index contributed by atoms with van der Waals surface area (Å²) < 4.78 is 0. The molecule has 0 heterocycles. The van der Waals surface area contributed by atoms with E-state index in [2.05, 4.69) is 6.92 Å². The van der Waals surface area contributed by atoms with Gasteiger partial charge in [-0.3, -0.25) is 0 Å². The molecule has 1 rings (SSSR count). The van der Waals surface area contributed by atoms with E-state index in [1.807, 2.05) is 11.8 Å². The maximum absolute atomic E-state index is 10.5. The molecule has 0 saturated heterocycles. The number of aliphatic hydroxyl groups is 1. The van der Waals surface area contributed by atoms with E-state index in [0.717, 1.165) is 30.8 Å². The Morgan fingerprint density at radius 2 is 1.76 bits per heavy atom. The first-order valence-electron chi connectivity index (χ1n) is 7.21. The molecule has 1 saturated carbocycles. The predicted molar refractivity (Wildman–Crippen MR) is 77.4 cm³/mol. The van der Waals surface area contributed by atoms with Gasteiger partial charge >= 0.3 is 0 Å². The van der Waals surface area contributed by atoms with Gasteiger partial charge in [0, 0.05) is 12.0 Å². The third-order valence-electron chi connectivity index (χ3n) is 4.20. The molecule has 0 aliphatic heterocycles. The molecular formula is C14H29NOS. The van der Waals surface area contributed by atoms with Gasteiger partial charge in [-0.05, 0) is 30.8 Å². The highest BCUT2D eigenvalue weighted by atomic mass is 32.2. The monoisotopic (exact) mass is 259 g/mol. The highest BCUT2D eigenvalue weighted by Gasteiger charge is 2.35. The van der Waals surface area contributed by atoms with Crippen LogP contribution in [0.2, 0.25) is 0 Å². The SMILES string of the molecule is CCSCCC(O)C1(CN)CCCCCCC1. The van der Waals surface area contributed by atoms with Crippen molar-refractivity contribution >= 4 is 11.8 Å². The fourth-order valence-corrected chi connectivity index (χ4v) is 3.61. The van der Waals surface area contributed by atoms with E-state index in [1.165, 1.54) is 32.1 Å². The number of thioether (sulfide) groups is 1. The van der Waals surface area contributed by atoms with Crippen LogP contribution in [0.3, 0.4) is 0 Å². The van der Waals surface area contributed by atoms with Crippen LogP contribution in [0.5, 0.6) is 0 Å². The lowest BCUT2D eigenvalue weighted by Crippen LogP contribution is -2.42. The normalized spacial score (nSPS) is 22.8. The van der Waals surface area contributed by atoms with E-state index in [4.69, 9.17) is 5.73 Å². The predicted octanol–water partition coefficient (Wildman–Crippen LogP) is 3.18. The summed E-state index contributed by atoms with van der Waals surface area (Å²) in [5, 5.41) is 10.5. The molecule has 17 heavy (non-hydrogen) atoms. The lowest BCUT2D eigenvalue weighted by atomic mass is 9.71. The Labute approximate surface area is 111 Å². The molecule has 0 aromatic heterocycles. The van der Waals surface area contributed by atoms with Crippen molar-refractivity contribution in [3.63, 3.8) is 0 Å². The minimum atomic E-state index is -0.190. The highest BCUT2D eigenvalue weighted by Crippen LogP contribution is 2.38. The summed E-state index contributed by atoms with van der Waals surface area (Å²) in [5.41, 5.74) is 6.02. The van der Waals surface area contributed by atoms with E-state index >= 15 is 0 Å². The Morgan fingerprint density at radius 3 is 2.29 bits per heavy atom. The van der Waals surface area contributed by atoms with E-state index < -0.39 is 0 Å². The maximum Gasteiger partial charge on any atom is 0.0616 e. The van der Waals surface area contributed by atoms with Gasteiger partial charge in [-0.25, -0.2) is 0 Å². The van der Waals surface area contributed by atoms with Crippen LogP contribution in [0.25, 0.3) is 0 Å². The molecule has 1 aliphatic carbocycles. The molecule has 102 valence electrons. The minimum Gasteiger partial charge on any atom is -0.392 e. The van der Waals surface area contributed by atoms with Crippen LogP contribution < -0.4 is 5.73 Å². The molecule has 0 aromatic carbocycles. The topological polar surface area (TPSA) is 46.2 Å². The molecule has 1 aliphatic rings. The van der Waals surface area contributed by atoms with Crippen LogP contribution >= 0.6 is 11.8 Å². The summed E-state index contributed by atoms with van der Waals surface area (Å²) in [7, 11) is 0. The zero-order valence-electron chi connectivity index (χ0n) is 11.3. The largest absolute Gasteiger partial charge is 0.392 e. The molecule has 3 heteroatoms. The van der Waals surface area contributed by atoms with Gasteiger partial charge in [0.05, 0.1) is 6.10 Å². The number of hydrogen-bond donors (Lipinski definition) is 2. The molecule has 0 amide bonds. The van der Waals surface area contributed by atoms with Crippen molar-refractivity contribution in [1.82, 2.24) is 0 Å². The summed E-state index contributed by atoms with van der Waals surface area (Å²) in [4.78, 5) is 0. The first-order valence-corrected chi connectivity index (χ1v) is 8.36. The Balaban J connectivity index is 2.50. The van der Waals surface area contributed by atoms with Crippen LogP contribution in [0, 0.1) is 5.41 Å². The van der Waals surface area contributed by atoms with Crippen LogP contribution in [-0.4, -0.2) is 29.3 Å². The first-order chi connectivity index (χ1) is 8.25. The third-order valence-corrected chi connectivity index (χ3v) is 5.14. The summed E-state index contributed by atoms with van der Waals surface area (Å²) in [6.45, 7) is 2.83. The number of hydrogen-bond acceptors (Lipinski definition) is 3. The number of aliphatic hydroxyl groups excluding tert-OH is 1. The molecule has 1 atom stereocenters. The van der Waals surface area contributed by atoms with E-state index in [9.17, 15) is 5.11 Å². The van der Waals surface area contributed by atoms with Gasteiger partial charge in [0.25, 0.3) is 0 Å². The third kappa shape index (κ3) is 4.80. The zero-order valence-corrected chi connectivity index (χ0v) is 12.1. The Bertz CT molecular complexity index is 191. The minimum absolute atomic E-state index is 0.0225. The van der Waals surface area contributed by atoms with Crippen molar-refractivity contribution in [3.8, 4) is 0 Å². The Kier molecular flexibility index (Phi) is 7.56. The molecule has 2 nitrogen and oxygen atoms in total. The maximum atomic E-state index is 10.5. The van der Waals surface area contributed by atoms with Crippen molar-refractivity contribution in [2.45, 2.75) is 64.4 Å². The molecule has 3 N–H and O–H groups in total. The second-order valence-corrected chi connectivity index (χ2v) is 6.73. The molecule has 0 radical (unpaired) electrons. The van der Waals surface area contributed by atoms with Crippen LogP contribution in [-0.2, 0) is 0 Å². The number of rotatable bonds is 6. The van der Waals surface area contributed by atoms with E-state index in [0.29, 0.717) is 6.54 Å². The first kappa shape index (κ1) is 15.3. The second kappa shape index (κ2) is 8.39. The van der Waals surface area contributed by atoms with Gasteiger partial charge in [0.2, 0.25) is 0 Å². The van der Waals surface area contributed by atoms with Gasteiger partial charge in [-0.1, -0.05) is 39.0 Å². The molecule has 0 spiro atoms. The van der Waals surface area contributed by atoms with Crippen LogP contribution in [0.1, 0.15) is 58.3 Å². The molecule has 1 unspecified atom stereocenters. The van der Waals surface area contributed by atoms with Gasteiger partial charge in [-0.15, -0.1) is 0 Å². The van der Waals surface area contributed by atoms with E-state index in [-0.39, 0.29) is 11.5 Å². The second-order valence-electron chi connectivity index (χ2n) is 5.34. The van der Waals surface area contributed by atoms with Crippen LogP contribution in [0.15, 0.2) is 0 Å². The van der Waals surface area contributed by atoms with Crippen molar-refractivity contribution in [3.05, 3.63) is 0 Å². The lowest BCUT2D eigenvalue weighted by molar-refractivity contribution is 0.00870. The fourth-order valence-electron chi connectivity index (χ4n) is 2.93. The summed E-state index contributed by atoms with van der Waals surface area (Å²) >= 11 is 1.92. The average Bonchev–Trinajstić information content (AvgIpc) is 2.30. The summed E-state index contributed by atoms with van der Waals surface area (Å²) in [6, 6.07) is 0. The molecule has 1 fully saturated rings. The standard InChI is InChI=1S/C14H29NOS/c1-2-17-11-8-13(16)14(12-15)9-6-4-3-5-7-10-14/h13,16H,2-12,15H2,1H3. The van der Waals surface area contributed by atoms with E-state index in [1.54, 1.807) is 0 Å². The van der Waals surface area contributed by atoms with Crippen molar-refractivity contribution in [2.75, 3.05) is 18.1 Å². The fraction of sp³-hybridized carbons (Fsp3) is 1.00. The van der Waals surface area contributed by atoms with Crippen molar-refractivity contribution in [2.24, 2.45) is 11.1 Å². The van der Waals surface area contributed by atoms with Crippen molar-refractivity contribution in [1.29, 1.82) is 0 Å². The lowest BCUT2D eigenvalue weighted by Gasteiger charge is -2.38. The summed E-state index contributed by atoms with van der Waals surface area (Å²) in [6.07, 6.45) is 9.46. The smallest absolute Gasteiger partial charge is 0.0616 e. The van der Waals surface area contributed by atoms with Gasteiger partial charge in [0.15, 0.2) is 0 Å². The number of nitrogens with two attached hydrogens (primary N) is 1. The molecule has 0 aromatic rings. The average molecular weight is 259 g/mol. The van der Waals surface area contributed by atoms with Crippen LogP contribution in [0.4, 0.5) is 0 Å². The Hall–Kier alpha value is 0.270. The van der Waals surface area contributed by atoms with Gasteiger partial charge < -0.3 is 10.8 Å². The Morgan fingerprint density at radius 1 is 1.18 bits per heavy atom. The molecular weight excluding hydrogens is 230 g/mol. The zero-order chi connectivity index (χ0) is 12.6. The van der Waals surface area contributed by atoms with Gasteiger partial charge in [-0.2, -0.15) is 11.8 Å². The van der Waals surface area contributed by atoms with Crippen molar-refractivity contribution < 1.29 is 5.11 Å². The highest BCUT2D eigenvalue weighted by molar-refractivity contribution is 7.99. The molecule has 0 bridgehead atoms. The summed E-state index contributed by atoms with van der Waals surface area (Å²) in [5.74, 6) is 2.21. The van der Waals surface area contributed by atoms with Gasteiger partial charge in [0.1, 0.15) is 0 Å². The quantitative estimate of drug-likeness (QED) is 0.720.